The highest BCUT2D eigenvalue weighted by atomic mass is 15.1. The van der Waals surface area contributed by atoms with Crippen molar-refractivity contribution < 1.29 is 0 Å². The second-order valence-electron chi connectivity index (χ2n) is 4.71. The van der Waals surface area contributed by atoms with E-state index in [1.165, 1.54) is 30.7 Å². The molecular formula is C12H21N3. The van der Waals surface area contributed by atoms with E-state index in [2.05, 4.69) is 23.4 Å². The molecule has 0 radical (unpaired) electrons. The van der Waals surface area contributed by atoms with Crippen LogP contribution in [0.5, 0.6) is 0 Å². The highest BCUT2D eigenvalue weighted by Gasteiger charge is 2.20. The summed E-state index contributed by atoms with van der Waals surface area (Å²) in [5, 5.41) is 0. The molecule has 2 atom stereocenters. The molecule has 1 aromatic rings. The van der Waals surface area contributed by atoms with Crippen molar-refractivity contribution in [3.63, 3.8) is 0 Å². The van der Waals surface area contributed by atoms with E-state index in [4.69, 9.17) is 5.73 Å². The average molecular weight is 207 g/mol. The van der Waals surface area contributed by atoms with Gasteiger partial charge in [-0.15, -0.1) is 0 Å². The summed E-state index contributed by atoms with van der Waals surface area (Å²) in [4.78, 5) is 4.52. The number of fused-ring (bicyclic) bond motifs is 1. The molecule has 2 rings (SSSR count). The fourth-order valence-corrected chi connectivity index (χ4v) is 2.31. The summed E-state index contributed by atoms with van der Waals surface area (Å²) in [6, 6.07) is 0.476. The van der Waals surface area contributed by atoms with Crippen molar-refractivity contribution in [2.45, 2.75) is 45.6 Å². The largest absolute Gasteiger partial charge is 0.331 e. The SMILES string of the molecule is CC(CN)C(C)n1cnc2c1CCCC2. The first-order chi connectivity index (χ1) is 7.24. The lowest BCUT2D eigenvalue weighted by Crippen LogP contribution is -2.23. The van der Waals surface area contributed by atoms with Gasteiger partial charge >= 0.3 is 0 Å². The molecule has 15 heavy (non-hydrogen) atoms. The normalized spacial score (nSPS) is 19.7. The zero-order valence-electron chi connectivity index (χ0n) is 9.74. The minimum Gasteiger partial charge on any atom is -0.331 e. The van der Waals surface area contributed by atoms with Crippen LogP contribution in [0.3, 0.4) is 0 Å². The summed E-state index contributed by atoms with van der Waals surface area (Å²) in [5.41, 5.74) is 8.49. The fourth-order valence-electron chi connectivity index (χ4n) is 2.31. The van der Waals surface area contributed by atoms with Crippen LogP contribution in [0.2, 0.25) is 0 Å². The minimum absolute atomic E-state index is 0.476. The minimum atomic E-state index is 0.476. The van der Waals surface area contributed by atoms with E-state index in [1.54, 1.807) is 0 Å². The highest BCUT2D eigenvalue weighted by Crippen LogP contribution is 2.25. The average Bonchev–Trinajstić information content (AvgIpc) is 2.70. The van der Waals surface area contributed by atoms with Gasteiger partial charge in [-0.2, -0.15) is 0 Å². The number of nitrogens with zero attached hydrogens (tertiary/aromatic N) is 2. The lowest BCUT2D eigenvalue weighted by Gasteiger charge is -2.23. The molecule has 1 aliphatic carbocycles. The molecule has 1 aromatic heterocycles. The molecule has 1 aliphatic rings. The molecule has 0 amide bonds. The molecule has 0 spiro atoms. The first-order valence-corrected chi connectivity index (χ1v) is 5.98. The van der Waals surface area contributed by atoms with E-state index >= 15 is 0 Å². The van der Waals surface area contributed by atoms with Crippen molar-refractivity contribution in [1.29, 1.82) is 0 Å². The van der Waals surface area contributed by atoms with E-state index in [1.807, 2.05) is 6.33 Å². The van der Waals surface area contributed by atoms with Crippen molar-refractivity contribution in [1.82, 2.24) is 9.55 Å². The Hall–Kier alpha value is -0.830. The van der Waals surface area contributed by atoms with Crippen LogP contribution in [0, 0.1) is 5.92 Å². The molecule has 0 fully saturated rings. The summed E-state index contributed by atoms with van der Waals surface area (Å²) in [6.45, 7) is 5.20. The van der Waals surface area contributed by atoms with Crippen molar-refractivity contribution >= 4 is 0 Å². The molecule has 0 bridgehead atoms. The Balaban J connectivity index is 2.24. The molecule has 1 heterocycles. The second-order valence-corrected chi connectivity index (χ2v) is 4.71. The van der Waals surface area contributed by atoms with E-state index in [-0.39, 0.29) is 0 Å². The first kappa shape index (κ1) is 10.7. The van der Waals surface area contributed by atoms with Gasteiger partial charge in [-0.3, -0.25) is 0 Å². The van der Waals surface area contributed by atoms with Gasteiger partial charge in [-0.1, -0.05) is 6.92 Å². The van der Waals surface area contributed by atoms with Gasteiger partial charge in [0.15, 0.2) is 0 Å². The van der Waals surface area contributed by atoms with Gasteiger partial charge in [-0.25, -0.2) is 4.98 Å². The summed E-state index contributed by atoms with van der Waals surface area (Å²) < 4.78 is 2.34. The molecule has 0 saturated heterocycles. The predicted molar refractivity (Wildman–Crippen MR) is 61.8 cm³/mol. The van der Waals surface area contributed by atoms with E-state index in [0.717, 1.165) is 13.0 Å². The monoisotopic (exact) mass is 207 g/mol. The van der Waals surface area contributed by atoms with Gasteiger partial charge in [-0.05, 0) is 45.1 Å². The molecule has 3 nitrogen and oxygen atoms in total. The topological polar surface area (TPSA) is 43.8 Å². The van der Waals surface area contributed by atoms with Crippen LogP contribution in [-0.4, -0.2) is 16.1 Å². The lowest BCUT2D eigenvalue weighted by molar-refractivity contribution is 0.376. The molecule has 0 aliphatic heterocycles. The smallest absolute Gasteiger partial charge is 0.0954 e. The van der Waals surface area contributed by atoms with Crippen molar-refractivity contribution in [3.8, 4) is 0 Å². The molecule has 3 heteroatoms. The third-order valence-corrected chi connectivity index (χ3v) is 3.69. The van der Waals surface area contributed by atoms with Crippen LogP contribution >= 0.6 is 0 Å². The van der Waals surface area contributed by atoms with Gasteiger partial charge in [0.25, 0.3) is 0 Å². The maximum Gasteiger partial charge on any atom is 0.0954 e. The summed E-state index contributed by atoms with van der Waals surface area (Å²) in [6.07, 6.45) is 6.96. The zero-order valence-corrected chi connectivity index (χ0v) is 9.74. The van der Waals surface area contributed by atoms with Crippen LogP contribution in [0.25, 0.3) is 0 Å². The van der Waals surface area contributed by atoms with Crippen molar-refractivity contribution in [3.05, 3.63) is 17.7 Å². The lowest BCUT2D eigenvalue weighted by atomic mass is 9.99. The van der Waals surface area contributed by atoms with Gasteiger partial charge in [0.1, 0.15) is 0 Å². The van der Waals surface area contributed by atoms with E-state index in [9.17, 15) is 0 Å². The Kier molecular flexibility index (Phi) is 3.10. The van der Waals surface area contributed by atoms with Crippen LogP contribution in [0.15, 0.2) is 6.33 Å². The molecule has 2 N–H and O–H groups in total. The highest BCUT2D eigenvalue weighted by molar-refractivity contribution is 5.17. The van der Waals surface area contributed by atoms with Gasteiger partial charge in [0.05, 0.1) is 12.0 Å². The Bertz CT molecular complexity index is 330. The summed E-state index contributed by atoms with van der Waals surface area (Å²) >= 11 is 0. The molecule has 2 unspecified atom stereocenters. The van der Waals surface area contributed by atoms with Crippen LogP contribution in [0.4, 0.5) is 0 Å². The first-order valence-electron chi connectivity index (χ1n) is 5.98. The Morgan fingerprint density at radius 3 is 2.87 bits per heavy atom. The molecule has 0 aromatic carbocycles. The maximum atomic E-state index is 5.72. The van der Waals surface area contributed by atoms with Gasteiger partial charge < -0.3 is 10.3 Å². The number of hydrogen-bond acceptors (Lipinski definition) is 2. The Morgan fingerprint density at radius 1 is 1.40 bits per heavy atom. The van der Waals surface area contributed by atoms with Crippen LogP contribution in [0.1, 0.15) is 44.1 Å². The van der Waals surface area contributed by atoms with Crippen LogP contribution in [-0.2, 0) is 12.8 Å². The predicted octanol–water partition coefficient (Wildman–Crippen LogP) is 1.92. The number of hydrogen-bond donors (Lipinski definition) is 1. The van der Waals surface area contributed by atoms with Crippen molar-refractivity contribution in [2.75, 3.05) is 6.54 Å². The zero-order chi connectivity index (χ0) is 10.8. The number of nitrogens with two attached hydrogens (primary N) is 1. The third kappa shape index (κ3) is 1.93. The standard InChI is InChI=1S/C12H21N3/c1-9(7-13)10(2)15-8-14-11-5-3-4-6-12(11)15/h8-10H,3-7,13H2,1-2H3. The van der Waals surface area contributed by atoms with Gasteiger partial charge in [0, 0.05) is 11.7 Å². The number of rotatable bonds is 3. The quantitative estimate of drug-likeness (QED) is 0.823. The summed E-state index contributed by atoms with van der Waals surface area (Å²) in [5.74, 6) is 0.519. The van der Waals surface area contributed by atoms with E-state index < -0.39 is 0 Å². The van der Waals surface area contributed by atoms with E-state index in [0.29, 0.717) is 12.0 Å². The van der Waals surface area contributed by atoms with Gasteiger partial charge in [0.2, 0.25) is 0 Å². The summed E-state index contributed by atoms with van der Waals surface area (Å²) in [7, 11) is 0. The molecular weight excluding hydrogens is 186 g/mol. The maximum absolute atomic E-state index is 5.72. The second kappa shape index (κ2) is 4.35. The number of imidazole rings is 1. The fraction of sp³-hybridized carbons (Fsp3) is 0.750. The number of aromatic nitrogens is 2. The Morgan fingerprint density at radius 2 is 2.13 bits per heavy atom. The molecule has 0 saturated carbocycles. The Labute approximate surface area is 91.7 Å². The third-order valence-electron chi connectivity index (χ3n) is 3.69. The van der Waals surface area contributed by atoms with Crippen molar-refractivity contribution in [2.24, 2.45) is 11.7 Å². The molecule has 84 valence electrons. The number of aryl methyl sites for hydroxylation is 1. The van der Waals surface area contributed by atoms with Crippen LogP contribution < -0.4 is 5.73 Å².